The zero-order chi connectivity index (χ0) is 12.0. The van der Waals surface area contributed by atoms with Crippen LogP contribution in [0.4, 0.5) is 0 Å². The molecular weight excluding hydrogens is 231 g/mol. The topological polar surface area (TPSA) is 54.0 Å². The molecule has 0 N–H and O–H groups in total. The SMILES string of the molecule is COC(OP(=O)(OC)OC)c1ccccc1. The second kappa shape index (κ2) is 6.13. The van der Waals surface area contributed by atoms with Crippen LogP contribution in [0.25, 0.3) is 0 Å². The van der Waals surface area contributed by atoms with Gasteiger partial charge in [0, 0.05) is 26.9 Å². The Hall–Kier alpha value is -0.710. The second-order valence-corrected chi connectivity index (χ2v) is 4.73. The van der Waals surface area contributed by atoms with Crippen LogP contribution in [0.1, 0.15) is 11.9 Å². The Morgan fingerprint density at radius 3 is 2.06 bits per heavy atom. The van der Waals surface area contributed by atoms with Gasteiger partial charge in [-0.15, -0.1) is 0 Å². The van der Waals surface area contributed by atoms with Crippen LogP contribution in [0.2, 0.25) is 0 Å². The molecule has 1 atom stereocenters. The van der Waals surface area contributed by atoms with E-state index in [4.69, 9.17) is 9.26 Å². The van der Waals surface area contributed by atoms with Crippen molar-refractivity contribution >= 4 is 7.82 Å². The number of phosphoric ester groups is 1. The molecule has 0 bridgehead atoms. The van der Waals surface area contributed by atoms with Gasteiger partial charge in [0.15, 0.2) is 6.29 Å². The van der Waals surface area contributed by atoms with Crippen LogP contribution in [0.3, 0.4) is 0 Å². The van der Waals surface area contributed by atoms with Gasteiger partial charge in [0.05, 0.1) is 0 Å². The quantitative estimate of drug-likeness (QED) is 0.570. The standard InChI is InChI=1S/C10H15O5P/c1-12-10(9-7-5-4-6-8-9)15-16(11,13-2)14-3/h4-8,10H,1-3H3. The Bertz CT molecular complexity index is 345. The van der Waals surface area contributed by atoms with Gasteiger partial charge >= 0.3 is 7.82 Å². The van der Waals surface area contributed by atoms with Gasteiger partial charge in [0.1, 0.15) is 0 Å². The van der Waals surface area contributed by atoms with Gasteiger partial charge in [-0.1, -0.05) is 30.3 Å². The Morgan fingerprint density at radius 2 is 1.62 bits per heavy atom. The first-order valence-electron chi connectivity index (χ1n) is 4.63. The monoisotopic (exact) mass is 246 g/mol. The number of ether oxygens (including phenoxy) is 1. The molecule has 0 aliphatic carbocycles. The first-order chi connectivity index (χ1) is 7.65. The summed E-state index contributed by atoms with van der Waals surface area (Å²) in [5.74, 6) is 0. The van der Waals surface area contributed by atoms with Gasteiger partial charge < -0.3 is 4.74 Å². The summed E-state index contributed by atoms with van der Waals surface area (Å²) < 4.78 is 31.3. The largest absolute Gasteiger partial charge is 0.476 e. The number of methoxy groups -OCH3 is 1. The third-order valence-electron chi connectivity index (χ3n) is 1.96. The van der Waals surface area contributed by atoms with E-state index in [1.165, 1.54) is 21.3 Å². The zero-order valence-corrected chi connectivity index (χ0v) is 10.3. The van der Waals surface area contributed by atoms with Crippen molar-refractivity contribution in [3.8, 4) is 0 Å². The number of hydrogen-bond acceptors (Lipinski definition) is 5. The van der Waals surface area contributed by atoms with Crippen LogP contribution in [-0.4, -0.2) is 21.3 Å². The number of rotatable bonds is 6. The molecule has 0 fully saturated rings. The van der Waals surface area contributed by atoms with E-state index in [0.29, 0.717) is 0 Å². The van der Waals surface area contributed by atoms with E-state index in [2.05, 4.69) is 9.05 Å². The van der Waals surface area contributed by atoms with Crippen LogP contribution >= 0.6 is 7.82 Å². The molecular formula is C10H15O5P. The van der Waals surface area contributed by atoms with Crippen molar-refractivity contribution in [3.63, 3.8) is 0 Å². The Balaban J connectivity index is 2.81. The van der Waals surface area contributed by atoms with Gasteiger partial charge in [0.25, 0.3) is 0 Å². The van der Waals surface area contributed by atoms with Crippen LogP contribution in [0.5, 0.6) is 0 Å². The molecule has 0 aliphatic heterocycles. The van der Waals surface area contributed by atoms with Crippen molar-refractivity contribution in [1.29, 1.82) is 0 Å². The normalized spacial score (nSPS) is 13.7. The van der Waals surface area contributed by atoms with Gasteiger partial charge in [0.2, 0.25) is 0 Å². The third kappa shape index (κ3) is 3.40. The van der Waals surface area contributed by atoms with E-state index in [9.17, 15) is 4.57 Å². The molecule has 0 saturated heterocycles. The first kappa shape index (κ1) is 13.4. The first-order valence-corrected chi connectivity index (χ1v) is 6.09. The van der Waals surface area contributed by atoms with Gasteiger partial charge in [-0.25, -0.2) is 4.57 Å². The summed E-state index contributed by atoms with van der Waals surface area (Å²) in [6.07, 6.45) is -0.785. The molecule has 0 saturated carbocycles. The average Bonchev–Trinajstić information content (AvgIpc) is 2.36. The molecule has 1 rings (SSSR count). The maximum Gasteiger partial charge on any atom is 0.476 e. The molecule has 1 unspecified atom stereocenters. The molecule has 90 valence electrons. The van der Waals surface area contributed by atoms with Crippen LogP contribution in [0.15, 0.2) is 30.3 Å². The van der Waals surface area contributed by atoms with E-state index in [0.717, 1.165) is 5.56 Å². The summed E-state index contributed by atoms with van der Waals surface area (Å²) in [4.78, 5) is 0. The molecule has 5 nitrogen and oxygen atoms in total. The van der Waals surface area contributed by atoms with Crippen LogP contribution in [0, 0.1) is 0 Å². The van der Waals surface area contributed by atoms with E-state index in [1.54, 1.807) is 12.1 Å². The highest BCUT2D eigenvalue weighted by molar-refractivity contribution is 7.48. The summed E-state index contributed by atoms with van der Waals surface area (Å²) in [5.41, 5.74) is 0.735. The minimum atomic E-state index is -3.54. The van der Waals surface area contributed by atoms with Crippen LogP contribution in [-0.2, 0) is 22.9 Å². The third-order valence-corrected chi connectivity index (χ3v) is 3.30. The zero-order valence-electron chi connectivity index (χ0n) is 9.45. The highest BCUT2D eigenvalue weighted by Crippen LogP contribution is 2.51. The van der Waals surface area contributed by atoms with E-state index in [-0.39, 0.29) is 0 Å². The number of phosphoric acid groups is 1. The van der Waals surface area contributed by atoms with Crippen molar-refractivity contribution < 1.29 is 22.9 Å². The van der Waals surface area contributed by atoms with Crippen molar-refractivity contribution in [2.75, 3.05) is 21.3 Å². The predicted molar refractivity (Wildman–Crippen MR) is 58.9 cm³/mol. The van der Waals surface area contributed by atoms with Crippen molar-refractivity contribution in [1.82, 2.24) is 0 Å². The van der Waals surface area contributed by atoms with Gasteiger partial charge in [-0.3, -0.25) is 13.6 Å². The molecule has 16 heavy (non-hydrogen) atoms. The maximum atomic E-state index is 11.7. The summed E-state index contributed by atoms with van der Waals surface area (Å²) in [5, 5.41) is 0. The van der Waals surface area contributed by atoms with E-state index >= 15 is 0 Å². The predicted octanol–water partition coefficient (Wildman–Crippen LogP) is 2.75. The fourth-order valence-corrected chi connectivity index (χ4v) is 1.89. The van der Waals surface area contributed by atoms with Gasteiger partial charge in [-0.2, -0.15) is 0 Å². The lowest BCUT2D eigenvalue weighted by atomic mass is 10.2. The van der Waals surface area contributed by atoms with E-state index in [1.807, 2.05) is 18.2 Å². The maximum absolute atomic E-state index is 11.7. The minimum Gasteiger partial charge on any atom is -0.351 e. The molecule has 1 aromatic rings. The smallest absolute Gasteiger partial charge is 0.351 e. The summed E-state index contributed by atoms with van der Waals surface area (Å²) in [6.45, 7) is 0. The Kier molecular flexibility index (Phi) is 5.12. The Morgan fingerprint density at radius 1 is 1.06 bits per heavy atom. The summed E-state index contributed by atoms with van der Waals surface area (Å²) >= 11 is 0. The number of benzene rings is 1. The van der Waals surface area contributed by atoms with E-state index < -0.39 is 14.1 Å². The molecule has 0 aliphatic rings. The molecule has 0 radical (unpaired) electrons. The molecule has 6 heteroatoms. The fourth-order valence-electron chi connectivity index (χ4n) is 1.13. The highest BCUT2D eigenvalue weighted by atomic mass is 31.2. The van der Waals surface area contributed by atoms with Crippen molar-refractivity contribution in [3.05, 3.63) is 35.9 Å². The number of hydrogen-bond donors (Lipinski definition) is 0. The molecule has 1 aromatic carbocycles. The minimum absolute atomic E-state index is 0.735. The average molecular weight is 246 g/mol. The van der Waals surface area contributed by atoms with Crippen molar-refractivity contribution in [2.24, 2.45) is 0 Å². The lowest BCUT2D eigenvalue weighted by molar-refractivity contribution is -0.0757. The van der Waals surface area contributed by atoms with Crippen molar-refractivity contribution in [2.45, 2.75) is 6.29 Å². The highest BCUT2D eigenvalue weighted by Gasteiger charge is 2.28. The Labute approximate surface area is 94.9 Å². The molecule has 0 amide bonds. The fraction of sp³-hybridized carbons (Fsp3) is 0.400. The summed E-state index contributed by atoms with van der Waals surface area (Å²) in [7, 11) is 0.411. The van der Waals surface area contributed by atoms with Crippen LogP contribution < -0.4 is 0 Å². The lowest BCUT2D eigenvalue weighted by Gasteiger charge is -2.20. The second-order valence-electron chi connectivity index (χ2n) is 2.90. The van der Waals surface area contributed by atoms with Gasteiger partial charge in [-0.05, 0) is 0 Å². The molecule has 0 spiro atoms. The molecule has 0 heterocycles. The summed E-state index contributed by atoms with van der Waals surface area (Å²) in [6, 6.07) is 9.11. The lowest BCUT2D eigenvalue weighted by Crippen LogP contribution is -2.06. The molecule has 0 aromatic heterocycles.